The maximum atomic E-state index is 14.1. The first-order chi connectivity index (χ1) is 15.0. The van der Waals surface area contributed by atoms with Gasteiger partial charge in [-0.05, 0) is 64.8 Å². The van der Waals surface area contributed by atoms with E-state index in [-0.39, 0.29) is 22.9 Å². The second-order valence-electron chi connectivity index (χ2n) is 11.3. The summed E-state index contributed by atoms with van der Waals surface area (Å²) in [6, 6.07) is 13.1. The summed E-state index contributed by atoms with van der Waals surface area (Å²) < 4.78 is 14.1. The minimum absolute atomic E-state index is 0.0722. The van der Waals surface area contributed by atoms with Gasteiger partial charge in [-0.3, -0.25) is 9.37 Å². The van der Waals surface area contributed by atoms with Crippen molar-refractivity contribution in [2.24, 2.45) is 5.41 Å². The van der Waals surface area contributed by atoms with E-state index < -0.39 is 5.41 Å². The largest absolute Gasteiger partial charge is 0.252 e. The Bertz CT molecular complexity index is 929. The number of nitrogens with zero attached hydrogens (tertiary/aromatic N) is 1. The molecule has 0 N–H and O–H groups in total. The van der Waals surface area contributed by atoms with Crippen LogP contribution in [0.2, 0.25) is 0 Å². The molecule has 2 aromatic rings. The Morgan fingerprint density at radius 2 is 1.50 bits per heavy atom. The van der Waals surface area contributed by atoms with Gasteiger partial charge >= 0.3 is 0 Å². The number of halogens is 1. The lowest BCUT2D eigenvalue weighted by Gasteiger charge is -2.48. The zero-order valence-corrected chi connectivity index (χ0v) is 21.7. The lowest BCUT2D eigenvalue weighted by molar-refractivity contribution is 0.0840. The average Bonchev–Trinajstić information content (AvgIpc) is 2.91. The topological polar surface area (TPSA) is 12.9 Å². The molecule has 1 aliphatic carbocycles. The number of alkyl halides is 1. The van der Waals surface area contributed by atoms with Crippen molar-refractivity contribution in [3.05, 3.63) is 53.2 Å². The Labute approximate surface area is 196 Å². The molecule has 32 heavy (non-hydrogen) atoms. The van der Waals surface area contributed by atoms with Crippen LogP contribution in [-0.4, -0.2) is 11.7 Å². The Hall–Kier alpha value is -1.70. The van der Waals surface area contributed by atoms with Crippen LogP contribution in [0.1, 0.15) is 111 Å². The zero-order chi connectivity index (χ0) is 23.8. The second kappa shape index (κ2) is 8.92. The molecule has 0 aliphatic heterocycles. The third-order valence-electron chi connectivity index (χ3n) is 9.60. The van der Waals surface area contributed by atoms with E-state index in [1.165, 1.54) is 36.8 Å². The standard InChI is InChI=1S/C30H44FN/c1-9-12-13-19-29(8)27(4,5)23-18-17-22(20-24(23)28(29,6)7)25-15-14-16-26(32-25)30(10-2,11-3)21-31/h14-18,20H,9-13,19,21H2,1-8H3. The normalized spacial score (nSPS) is 21.5. The third-order valence-corrected chi connectivity index (χ3v) is 9.60. The smallest absolute Gasteiger partial charge is 0.101 e. The number of benzene rings is 1. The SMILES string of the molecule is CCCCCC1(C)C(C)(C)c2ccc(-c3cccc(C(CC)(CC)CF)n3)cc2C1(C)C. The van der Waals surface area contributed by atoms with Crippen LogP contribution >= 0.6 is 0 Å². The van der Waals surface area contributed by atoms with Crippen molar-refractivity contribution >= 4 is 0 Å². The minimum Gasteiger partial charge on any atom is -0.252 e. The highest BCUT2D eigenvalue weighted by atomic mass is 19.1. The van der Waals surface area contributed by atoms with Crippen molar-refractivity contribution < 1.29 is 4.39 Å². The van der Waals surface area contributed by atoms with Crippen molar-refractivity contribution in [3.8, 4) is 11.3 Å². The molecule has 176 valence electrons. The highest BCUT2D eigenvalue weighted by molar-refractivity contribution is 5.65. The fourth-order valence-corrected chi connectivity index (χ4v) is 6.26. The van der Waals surface area contributed by atoms with Crippen LogP contribution in [0, 0.1) is 5.41 Å². The van der Waals surface area contributed by atoms with E-state index >= 15 is 0 Å². The second-order valence-corrected chi connectivity index (χ2v) is 11.3. The van der Waals surface area contributed by atoms with Gasteiger partial charge in [0.2, 0.25) is 0 Å². The van der Waals surface area contributed by atoms with Crippen LogP contribution < -0.4 is 0 Å². The summed E-state index contributed by atoms with van der Waals surface area (Å²) in [4.78, 5) is 4.99. The molecule has 1 nitrogen and oxygen atoms in total. The van der Waals surface area contributed by atoms with E-state index in [4.69, 9.17) is 4.98 Å². The monoisotopic (exact) mass is 437 g/mol. The van der Waals surface area contributed by atoms with Crippen molar-refractivity contribution in [1.29, 1.82) is 0 Å². The third kappa shape index (κ3) is 3.62. The molecule has 1 aromatic heterocycles. The molecule has 1 atom stereocenters. The highest BCUT2D eigenvalue weighted by Crippen LogP contribution is 2.64. The van der Waals surface area contributed by atoms with E-state index in [0.29, 0.717) is 0 Å². The van der Waals surface area contributed by atoms with Crippen LogP contribution in [-0.2, 0) is 16.2 Å². The van der Waals surface area contributed by atoms with Crippen LogP contribution in [0.25, 0.3) is 11.3 Å². The molecular formula is C30H44FN. The lowest BCUT2D eigenvalue weighted by Crippen LogP contribution is -2.45. The molecule has 0 saturated heterocycles. The number of pyridine rings is 1. The summed E-state index contributed by atoms with van der Waals surface area (Å²) in [5.41, 5.74) is 5.81. The van der Waals surface area contributed by atoms with Gasteiger partial charge < -0.3 is 0 Å². The Morgan fingerprint density at radius 1 is 0.844 bits per heavy atom. The first-order valence-electron chi connectivity index (χ1n) is 12.7. The van der Waals surface area contributed by atoms with Crippen LogP contribution in [0.15, 0.2) is 36.4 Å². The van der Waals surface area contributed by atoms with E-state index in [0.717, 1.165) is 29.8 Å². The van der Waals surface area contributed by atoms with Gasteiger partial charge in [0.1, 0.15) is 6.67 Å². The molecule has 0 radical (unpaired) electrons. The summed E-state index contributed by atoms with van der Waals surface area (Å²) in [6.45, 7) is 18.3. The van der Waals surface area contributed by atoms with E-state index in [9.17, 15) is 4.39 Å². The molecule has 2 heteroatoms. The van der Waals surface area contributed by atoms with Gasteiger partial charge in [0, 0.05) is 16.7 Å². The van der Waals surface area contributed by atoms with Crippen LogP contribution in [0.4, 0.5) is 4.39 Å². The quantitative estimate of drug-likeness (QED) is 0.357. The highest BCUT2D eigenvalue weighted by Gasteiger charge is 2.58. The van der Waals surface area contributed by atoms with Crippen molar-refractivity contribution in [2.45, 2.75) is 110 Å². The lowest BCUT2D eigenvalue weighted by atomic mass is 9.56. The van der Waals surface area contributed by atoms with Gasteiger partial charge in [-0.25, -0.2) is 0 Å². The Kier molecular flexibility index (Phi) is 6.95. The van der Waals surface area contributed by atoms with Crippen LogP contribution in [0.5, 0.6) is 0 Å². The van der Waals surface area contributed by atoms with Crippen molar-refractivity contribution in [1.82, 2.24) is 4.98 Å². The molecule has 1 unspecified atom stereocenters. The molecule has 0 saturated carbocycles. The number of hydrogen-bond acceptors (Lipinski definition) is 1. The summed E-state index contributed by atoms with van der Waals surface area (Å²) in [6.07, 6.45) is 6.60. The molecule has 0 fully saturated rings. The predicted molar refractivity (Wildman–Crippen MR) is 136 cm³/mol. The number of rotatable bonds is 9. The van der Waals surface area contributed by atoms with Gasteiger partial charge in [-0.2, -0.15) is 0 Å². The number of unbranched alkanes of at least 4 members (excludes halogenated alkanes) is 2. The summed E-state index contributed by atoms with van der Waals surface area (Å²) in [5, 5.41) is 0. The maximum absolute atomic E-state index is 14.1. The van der Waals surface area contributed by atoms with E-state index in [1.54, 1.807) is 0 Å². The zero-order valence-electron chi connectivity index (χ0n) is 21.7. The maximum Gasteiger partial charge on any atom is 0.101 e. The van der Waals surface area contributed by atoms with Crippen molar-refractivity contribution in [3.63, 3.8) is 0 Å². The number of aromatic nitrogens is 1. The summed E-state index contributed by atoms with van der Waals surface area (Å²) in [7, 11) is 0. The predicted octanol–water partition coefficient (Wildman–Crippen LogP) is 8.93. The Morgan fingerprint density at radius 3 is 2.09 bits per heavy atom. The van der Waals surface area contributed by atoms with Gasteiger partial charge in [0.05, 0.1) is 5.69 Å². The number of fused-ring (bicyclic) bond motifs is 1. The van der Waals surface area contributed by atoms with Gasteiger partial charge in [0.15, 0.2) is 0 Å². The Balaban J connectivity index is 2.08. The molecule has 0 bridgehead atoms. The van der Waals surface area contributed by atoms with E-state index in [1.807, 2.05) is 12.1 Å². The minimum atomic E-state index is -0.480. The first kappa shape index (κ1) is 24.9. The number of hydrogen-bond donors (Lipinski definition) is 0. The molecule has 1 aliphatic rings. The van der Waals surface area contributed by atoms with Gasteiger partial charge in [-0.1, -0.05) is 92.9 Å². The molecule has 1 heterocycles. The average molecular weight is 438 g/mol. The van der Waals surface area contributed by atoms with Gasteiger partial charge in [-0.15, -0.1) is 0 Å². The fraction of sp³-hybridized carbons (Fsp3) is 0.633. The summed E-state index contributed by atoms with van der Waals surface area (Å²) in [5.74, 6) is 0. The summed E-state index contributed by atoms with van der Waals surface area (Å²) >= 11 is 0. The van der Waals surface area contributed by atoms with Crippen LogP contribution in [0.3, 0.4) is 0 Å². The van der Waals surface area contributed by atoms with Crippen molar-refractivity contribution in [2.75, 3.05) is 6.67 Å². The van der Waals surface area contributed by atoms with Gasteiger partial charge in [0.25, 0.3) is 0 Å². The molecule has 3 rings (SSSR count). The molecular weight excluding hydrogens is 393 g/mol. The molecule has 1 aromatic carbocycles. The first-order valence-corrected chi connectivity index (χ1v) is 12.7. The molecule has 0 spiro atoms. The fourth-order valence-electron chi connectivity index (χ4n) is 6.26. The van der Waals surface area contributed by atoms with E-state index in [2.05, 4.69) is 79.7 Å². The molecule has 0 amide bonds.